The number of hydrogen-bond acceptors (Lipinski definition) is 0. The number of rotatable bonds is 8. The van der Waals surface area contributed by atoms with Gasteiger partial charge in [0.2, 0.25) is 0 Å². The standard InChI is InChI=1S/C14H30/c1-6-9-11-13(12-10-7-2)14(4,5)8-3/h13H,6-12H2,1-5H3. The molecule has 0 aliphatic rings. The van der Waals surface area contributed by atoms with Crippen LogP contribution in [0.3, 0.4) is 0 Å². The molecule has 0 amide bonds. The molecule has 0 aromatic carbocycles. The lowest BCUT2D eigenvalue weighted by atomic mass is 9.72. The lowest BCUT2D eigenvalue weighted by Crippen LogP contribution is -2.23. The van der Waals surface area contributed by atoms with Crippen molar-refractivity contribution in [3.05, 3.63) is 0 Å². The zero-order chi connectivity index (χ0) is 11.0. The third kappa shape index (κ3) is 5.02. The minimum atomic E-state index is 0.560. The van der Waals surface area contributed by atoms with E-state index in [-0.39, 0.29) is 0 Å². The molecule has 0 bridgehead atoms. The van der Waals surface area contributed by atoms with Gasteiger partial charge in [0.1, 0.15) is 0 Å². The Kier molecular flexibility index (Phi) is 7.31. The van der Waals surface area contributed by atoms with Crippen LogP contribution in [-0.2, 0) is 0 Å². The van der Waals surface area contributed by atoms with Crippen molar-refractivity contribution in [1.29, 1.82) is 0 Å². The van der Waals surface area contributed by atoms with Gasteiger partial charge in [-0.2, -0.15) is 0 Å². The number of hydrogen-bond donors (Lipinski definition) is 0. The summed E-state index contributed by atoms with van der Waals surface area (Å²) in [5, 5.41) is 0. The van der Waals surface area contributed by atoms with Gasteiger partial charge in [-0.3, -0.25) is 0 Å². The van der Waals surface area contributed by atoms with Crippen LogP contribution >= 0.6 is 0 Å². The molecule has 0 N–H and O–H groups in total. The summed E-state index contributed by atoms with van der Waals surface area (Å²) in [6.45, 7) is 11.8. The van der Waals surface area contributed by atoms with Crippen LogP contribution < -0.4 is 0 Å². The van der Waals surface area contributed by atoms with E-state index in [2.05, 4.69) is 34.6 Å². The van der Waals surface area contributed by atoms with Gasteiger partial charge in [0.15, 0.2) is 0 Å². The van der Waals surface area contributed by atoms with Gasteiger partial charge in [-0.1, -0.05) is 66.7 Å². The predicted octanol–water partition coefficient (Wildman–Crippen LogP) is 5.42. The van der Waals surface area contributed by atoms with Gasteiger partial charge >= 0.3 is 0 Å². The van der Waals surface area contributed by atoms with Crippen LogP contribution in [0, 0.1) is 11.3 Å². The minimum absolute atomic E-state index is 0.560. The van der Waals surface area contributed by atoms with Crippen LogP contribution in [0.15, 0.2) is 0 Å². The molecule has 0 aromatic heterocycles. The van der Waals surface area contributed by atoms with Crippen LogP contribution in [0.25, 0.3) is 0 Å². The highest BCUT2D eigenvalue weighted by Crippen LogP contribution is 2.37. The van der Waals surface area contributed by atoms with Gasteiger partial charge in [-0.05, 0) is 24.2 Å². The smallest absolute Gasteiger partial charge is 0.0329 e. The largest absolute Gasteiger partial charge is 0.0654 e. The quantitative estimate of drug-likeness (QED) is 0.488. The predicted molar refractivity (Wildman–Crippen MR) is 66.6 cm³/mol. The van der Waals surface area contributed by atoms with Gasteiger partial charge < -0.3 is 0 Å². The van der Waals surface area contributed by atoms with Gasteiger partial charge in [0.25, 0.3) is 0 Å². The molecule has 0 saturated carbocycles. The van der Waals surface area contributed by atoms with Crippen molar-refractivity contribution < 1.29 is 0 Å². The normalized spacial score (nSPS) is 12.4. The zero-order valence-electron chi connectivity index (χ0n) is 11.0. The molecule has 0 saturated heterocycles. The lowest BCUT2D eigenvalue weighted by molar-refractivity contribution is 0.172. The molecular weight excluding hydrogens is 168 g/mol. The van der Waals surface area contributed by atoms with E-state index in [9.17, 15) is 0 Å². The van der Waals surface area contributed by atoms with Crippen LogP contribution in [0.1, 0.15) is 79.6 Å². The lowest BCUT2D eigenvalue weighted by Gasteiger charge is -2.34. The summed E-state index contributed by atoms with van der Waals surface area (Å²) < 4.78 is 0. The maximum absolute atomic E-state index is 2.45. The molecule has 0 rings (SSSR count). The van der Waals surface area contributed by atoms with E-state index < -0.39 is 0 Å². The van der Waals surface area contributed by atoms with Crippen molar-refractivity contribution in [2.75, 3.05) is 0 Å². The Morgan fingerprint density at radius 2 is 1.29 bits per heavy atom. The molecule has 0 radical (unpaired) electrons. The van der Waals surface area contributed by atoms with Crippen molar-refractivity contribution in [2.24, 2.45) is 11.3 Å². The summed E-state index contributed by atoms with van der Waals surface area (Å²) in [5.41, 5.74) is 0.560. The molecule has 0 aromatic rings. The maximum atomic E-state index is 2.45. The van der Waals surface area contributed by atoms with Crippen molar-refractivity contribution in [3.8, 4) is 0 Å². The summed E-state index contributed by atoms with van der Waals surface area (Å²) >= 11 is 0. The van der Waals surface area contributed by atoms with E-state index in [1.165, 1.54) is 44.9 Å². The van der Waals surface area contributed by atoms with Gasteiger partial charge in [0, 0.05) is 0 Å². The van der Waals surface area contributed by atoms with Gasteiger partial charge in [-0.15, -0.1) is 0 Å². The molecule has 0 atom stereocenters. The summed E-state index contributed by atoms with van der Waals surface area (Å²) in [6.07, 6.45) is 9.74. The average Bonchev–Trinajstić information content (AvgIpc) is 2.17. The van der Waals surface area contributed by atoms with Crippen molar-refractivity contribution in [1.82, 2.24) is 0 Å². The van der Waals surface area contributed by atoms with Gasteiger partial charge in [0.05, 0.1) is 0 Å². The average molecular weight is 198 g/mol. The fourth-order valence-electron chi connectivity index (χ4n) is 2.12. The Morgan fingerprint density at radius 1 is 0.857 bits per heavy atom. The van der Waals surface area contributed by atoms with Crippen LogP contribution in [0.5, 0.6) is 0 Å². The Morgan fingerprint density at radius 3 is 1.57 bits per heavy atom. The first-order valence-electron chi connectivity index (χ1n) is 6.58. The Balaban J connectivity index is 4.08. The number of unbranched alkanes of at least 4 members (excludes halogenated alkanes) is 2. The maximum Gasteiger partial charge on any atom is -0.0329 e. The van der Waals surface area contributed by atoms with E-state index in [0.717, 1.165) is 5.92 Å². The van der Waals surface area contributed by atoms with Crippen LogP contribution in [0.4, 0.5) is 0 Å². The second kappa shape index (κ2) is 7.31. The molecule has 0 heteroatoms. The van der Waals surface area contributed by atoms with E-state index >= 15 is 0 Å². The van der Waals surface area contributed by atoms with Crippen LogP contribution in [-0.4, -0.2) is 0 Å². The first-order chi connectivity index (χ1) is 6.58. The second-order valence-corrected chi connectivity index (χ2v) is 5.32. The van der Waals surface area contributed by atoms with Crippen LogP contribution in [0.2, 0.25) is 0 Å². The molecule has 14 heavy (non-hydrogen) atoms. The first kappa shape index (κ1) is 14.0. The molecule has 0 aliphatic heterocycles. The monoisotopic (exact) mass is 198 g/mol. The molecule has 0 aliphatic carbocycles. The molecular formula is C14H30. The molecule has 86 valence electrons. The summed E-state index contributed by atoms with van der Waals surface area (Å²) in [7, 11) is 0. The van der Waals surface area contributed by atoms with E-state index in [1.54, 1.807) is 0 Å². The highest BCUT2D eigenvalue weighted by Gasteiger charge is 2.26. The Bertz CT molecular complexity index is 116. The van der Waals surface area contributed by atoms with E-state index in [4.69, 9.17) is 0 Å². The van der Waals surface area contributed by atoms with E-state index in [1.807, 2.05) is 0 Å². The third-order valence-electron chi connectivity index (χ3n) is 3.83. The fraction of sp³-hybridized carbons (Fsp3) is 1.00. The Labute approximate surface area is 91.5 Å². The van der Waals surface area contributed by atoms with Crippen molar-refractivity contribution >= 4 is 0 Å². The fourth-order valence-corrected chi connectivity index (χ4v) is 2.12. The second-order valence-electron chi connectivity index (χ2n) is 5.32. The molecule has 0 unspecified atom stereocenters. The summed E-state index contributed by atoms with van der Waals surface area (Å²) in [6, 6.07) is 0. The summed E-state index contributed by atoms with van der Waals surface area (Å²) in [4.78, 5) is 0. The summed E-state index contributed by atoms with van der Waals surface area (Å²) in [5.74, 6) is 0.951. The SMILES string of the molecule is CCCCC(CCCC)C(C)(C)CC. The van der Waals surface area contributed by atoms with Gasteiger partial charge in [-0.25, -0.2) is 0 Å². The molecule has 0 nitrogen and oxygen atoms in total. The van der Waals surface area contributed by atoms with Crippen molar-refractivity contribution in [3.63, 3.8) is 0 Å². The Hall–Kier alpha value is 0. The molecule has 0 heterocycles. The highest BCUT2D eigenvalue weighted by molar-refractivity contribution is 4.77. The zero-order valence-corrected chi connectivity index (χ0v) is 11.0. The highest BCUT2D eigenvalue weighted by atomic mass is 14.3. The molecule has 0 fully saturated rings. The molecule has 0 spiro atoms. The van der Waals surface area contributed by atoms with E-state index in [0.29, 0.717) is 5.41 Å². The first-order valence-corrected chi connectivity index (χ1v) is 6.58. The third-order valence-corrected chi connectivity index (χ3v) is 3.83. The van der Waals surface area contributed by atoms with Crippen molar-refractivity contribution in [2.45, 2.75) is 79.6 Å². The topological polar surface area (TPSA) is 0 Å². The minimum Gasteiger partial charge on any atom is -0.0654 e.